The predicted octanol–water partition coefficient (Wildman–Crippen LogP) is 4.44. The Labute approximate surface area is 146 Å². The number of carbonyl (C=O) groups is 1. The number of hydrogen-bond acceptors (Lipinski definition) is 6. The Morgan fingerprint density at radius 3 is 2.92 bits per heavy atom. The largest absolute Gasteiger partial charge is 0.452 e. The van der Waals surface area contributed by atoms with Gasteiger partial charge in [0.25, 0.3) is 11.8 Å². The summed E-state index contributed by atoms with van der Waals surface area (Å²) in [5, 5.41) is 9.87. The van der Waals surface area contributed by atoms with E-state index < -0.39 is 17.9 Å². The third-order valence-electron chi connectivity index (χ3n) is 3.21. The van der Waals surface area contributed by atoms with Gasteiger partial charge in [0, 0.05) is 10.6 Å². The number of esters is 1. The Morgan fingerprint density at radius 2 is 2.21 bits per heavy atom. The third-order valence-corrected chi connectivity index (χ3v) is 4.42. The molecular weight excluding hydrogens is 355 g/mol. The van der Waals surface area contributed by atoms with Crippen LogP contribution in [-0.2, 0) is 16.0 Å². The quantitative estimate of drug-likeness (QED) is 0.624. The van der Waals surface area contributed by atoms with Crippen molar-refractivity contribution in [3.63, 3.8) is 0 Å². The standard InChI is InChI=1S/C16H12ClFN2O3S/c1-9(15-19-20-16(23-15)13-6-3-7-24-13)22-14(21)8-10-11(17)4-2-5-12(10)18/h2-7,9H,8H2,1H3. The second-order valence-corrected chi connectivity index (χ2v) is 6.29. The molecule has 0 bridgehead atoms. The van der Waals surface area contributed by atoms with E-state index in [0.29, 0.717) is 5.89 Å². The van der Waals surface area contributed by atoms with E-state index in [1.165, 1.54) is 29.5 Å². The summed E-state index contributed by atoms with van der Waals surface area (Å²) in [6.45, 7) is 1.60. The van der Waals surface area contributed by atoms with Gasteiger partial charge in [-0.3, -0.25) is 4.79 Å². The van der Waals surface area contributed by atoms with Crippen LogP contribution in [0.4, 0.5) is 4.39 Å². The molecule has 1 unspecified atom stereocenters. The molecule has 3 rings (SSSR count). The predicted molar refractivity (Wildman–Crippen MR) is 87.2 cm³/mol. The molecule has 0 saturated heterocycles. The summed E-state index contributed by atoms with van der Waals surface area (Å²) in [7, 11) is 0. The number of halogens is 2. The molecule has 0 amide bonds. The van der Waals surface area contributed by atoms with Gasteiger partial charge in [-0.15, -0.1) is 21.5 Å². The molecule has 1 atom stereocenters. The Hall–Kier alpha value is -2.25. The van der Waals surface area contributed by atoms with Crippen molar-refractivity contribution >= 4 is 28.9 Å². The molecule has 5 nitrogen and oxygen atoms in total. The Bertz CT molecular complexity index is 831. The molecule has 0 N–H and O–H groups in total. The summed E-state index contributed by atoms with van der Waals surface area (Å²) >= 11 is 7.36. The number of nitrogens with zero attached hydrogens (tertiary/aromatic N) is 2. The molecule has 0 aliphatic heterocycles. The van der Waals surface area contributed by atoms with E-state index in [1.807, 2.05) is 17.5 Å². The van der Waals surface area contributed by atoms with Crippen LogP contribution in [0.3, 0.4) is 0 Å². The average Bonchev–Trinajstić information content (AvgIpc) is 3.21. The second-order valence-electron chi connectivity index (χ2n) is 4.93. The van der Waals surface area contributed by atoms with Gasteiger partial charge in [-0.05, 0) is 30.5 Å². The van der Waals surface area contributed by atoms with Gasteiger partial charge in [0.1, 0.15) is 5.82 Å². The van der Waals surface area contributed by atoms with E-state index in [-0.39, 0.29) is 22.9 Å². The van der Waals surface area contributed by atoms with Gasteiger partial charge in [-0.25, -0.2) is 4.39 Å². The number of thiophene rings is 1. The molecule has 0 aliphatic carbocycles. The van der Waals surface area contributed by atoms with Gasteiger partial charge < -0.3 is 9.15 Å². The van der Waals surface area contributed by atoms with Crippen molar-refractivity contribution in [2.45, 2.75) is 19.4 Å². The first-order chi connectivity index (χ1) is 11.5. The van der Waals surface area contributed by atoms with Crippen molar-refractivity contribution < 1.29 is 18.3 Å². The van der Waals surface area contributed by atoms with E-state index in [9.17, 15) is 9.18 Å². The fourth-order valence-corrected chi connectivity index (χ4v) is 2.91. The molecule has 24 heavy (non-hydrogen) atoms. The van der Waals surface area contributed by atoms with Crippen LogP contribution < -0.4 is 0 Å². The van der Waals surface area contributed by atoms with Crippen LogP contribution in [0.15, 0.2) is 40.1 Å². The van der Waals surface area contributed by atoms with Crippen LogP contribution in [-0.4, -0.2) is 16.2 Å². The molecule has 0 fully saturated rings. The molecule has 0 spiro atoms. The lowest BCUT2D eigenvalue weighted by Crippen LogP contribution is -2.13. The second kappa shape index (κ2) is 7.11. The molecule has 1 aromatic carbocycles. The molecule has 8 heteroatoms. The lowest BCUT2D eigenvalue weighted by atomic mass is 10.1. The highest BCUT2D eigenvalue weighted by atomic mass is 35.5. The fraction of sp³-hybridized carbons (Fsp3) is 0.188. The fourth-order valence-electron chi connectivity index (χ4n) is 2.03. The summed E-state index contributed by atoms with van der Waals surface area (Å²) in [5.74, 6) is -0.651. The monoisotopic (exact) mass is 366 g/mol. The highest BCUT2D eigenvalue weighted by Gasteiger charge is 2.21. The van der Waals surface area contributed by atoms with Crippen molar-refractivity contribution in [3.05, 3.63) is 58.0 Å². The van der Waals surface area contributed by atoms with Crippen LogP contribution in [0.1, 0.15) is 24.5 Å². The minimum Gasteiger partial charge on any atom is -0.452 e. The summed E-state index contributed by atoms with van der Waals surface area (Å²) in [6, 6.07) is 7.94. The first-order valence-electron chi connectivity index (χ1n) is 7.04. The van der Waals surface area contributed by atoms with Crippen molar-refractivity contribution in [1.29, 1.82) is 0 Å². The van der Waals surface area contributed by atoms with Crippen molar-refractivity contribution in [3.8, 4) is 10.8 Å². The van der Waals surface area contributed by atoms with Crippen molar-refractivity contribution in [1.82, 2.24) is 10.2 Å². The van der Waals surface area contributed by atoms with E-state index in [0.717, 1.165) is 4.88 Å². The molecule has 124 valence electrons. The molecule has 0 saturated carbocycles. The lowest BCUT2D eigenvalue weighted by Gasteiger charge is -2.10. The van der Waals surface area contributed by atoms with E-state index in [1.54, 1.807) is 6.92 Å². The maximum atomic E-state index is 13.7. The zero-order chi connectivity index (χ0) is 17.1. The number of benzene rings is 1. The maximum absolute atomic E-state index is 13.7. The Morgan fingerprint density at radius 1 is 1.38 bits per heavy atom. The number of aromatic nitrogens is 2. The lowest BCUT2D eigenvalue weighted by molar-refractivity contribution is -0.148. The van der Waals surface area contributed by atoms with Gasteiger partial charge in [0.05, 0.1) is 11.3 Å². The zero-order valence-corrected chi connectivity index (χ0v) is 14.1. The molecular formula is C16H12ClFN2O3S. The van der Waals surface area contributed by atoms with Crippen LogP contribution in [0.5, 0.6) is 0 Å². The van der Waals surface area contributed by atoms with Gasteiger partial charge in [0.2, 0.25) is 0 Å². The van der Waals surface area contributed by atoms with E-state index in [4.69, 9.17) is 20.8 Å². The Balaban J connectivity index is 1.66. The molecule has 0 radical (unpaired) electrons. The van der Waals surface area contributed by atoms with Crippen LogP contribution in [0.25, 0.3) is 10.8 Å². The Kier molecular flexibility index (Phi) is 4.92. The van der Waals surface area contributed by atoms with Crippen molar-refractivity contribution in [2.75, 3.05) is 0 Å². The van der Waals surface area contributed by atoms with Crippen LogP contribution in [0, 0.1) is 5.82 Å². The van der Waals surface area contributed by atoms with Gasteiger partial charge in [-0.2, -0.15) is 0 Å². The minimum atomic E-state index is -0.746. The first kappa shape index (κ1) is 16.6. The smallest absolute Gasteiger partial charge is 0.311 e. The normalized spacial score (nSPS) is 12.1. The summed E-state index contributed by atoms with van der Waals surface area (Å²) in [6.07, 6.45) is -1.02. The summed E-state index contributed by atoms with van der Waals surface area (Å²) in [4.78, 5) is 12.8. The summed E-state index contributed by atoms with van der Waals surface area (Å²) in [5.41, 5.74) is 0.0983. The molecule has 2 aromatic heterocycles. The summed E-state index contributed by atoms with van der Waals surface area (Å²) < 4.78 is 24.4. The van der Waals surface area contributed by atoms with Gasteiger partial charge in [0.15, 0.2) is 6.10 Å². The highest BCUT2D eigenvalue weighted by Crippen LogP contribution is 2.26. The topological polar surface area (TPSA) is 65.2 Å². The number of carbonyl (C=O) groups excluding carboxylic acids is 1. The number of hydrogen-bond donors (Lipinski definition) is 0. The third kappa shape index (κ3) is 3.63. The zero-order valence-electron chi connectivity index (χ0n) is 12.5. The van der Waals surface area contributed by atoms with Gasteiger partial charge in [-0.1, -0.05) is 23.7 Å². The number of ether oxygens (including phenoxy) is 1. The van der Waals surface area contributed by atoms with Crippen LogP contribution in [0.2, 0.25) is 5.02 Å². The van der Waals surface area contributed by atoms with Crippen molar-refractivity contribution in [2.24, 2.45) is 0 Å². The molecule has 3 aromatic rings. The minimum absolute atomic E-state index is 0.0983. The van der Waals surface area contributed by atoms with E-state index in [2.05, 4.69) is 10.2 Å². The first-order valence-corrected chi connectivity index (χ1v) is 8.30. The van der Waals surface area contributed by atoms with E-state index >= 15 is 0 Å². The van der Waals surface area contributed by atoms with Gasteiger partial charge >= 0.3 is 5.97 Å². The number of rotatable bonds is 5. The van der Waals surface area contributed by atoms with Crippen LogP contribution >= 0.6 is 22.9 Å². The highest BCUT2D eigenvalue weighted by molar-refractivity contribution is 7.13. The molecule has 2 heterocycles. The maximum Gasteiger partial charge on any atom is 0.311 e. The SMILES string of the molecule is CC(OC(=O)Cc1c(F)cccc1Cl)c1nnc(-c2cccs2)o1. The molecule has 0 aliphatic rings. The average molecular weight is 367 g/mol.